The highest BCUT2D eigenvalue weighted by molar-refractivity contribution is 5.83. The Morgan fingerprint density at radius 1 is 0.511 bits per heavy atom. The lowest BCUT2D eigenvalue weighted by Gasteiger charge is -2.28. The van der Waals surface area contributed by atoms with E-state index in [4.69, 9.17) is 0 Å². The van der Waals surface area contributed by atoms with Crippen molar-refractivity contribution in [3.8, 4) is 22.3 Å². The molecule has 2 nitrogen and oxygen atoms in total. The first-order valence-electron chi connectivity index (χ1n) is 15.6. The van der Waals surface area contributed by atoms with Crippen molar-refractivity contribution in [1.82, 2.24) is 0 Å². The van der Waals surface area contributed by atoms with Crippen LogP contribution in [0, 0.1) is 0 Å². The van der Waals surface area contributed by atoms with Crippen LogP contribution in [0.5, 0.6) is 0 Å². The zero-order chi connectivity index (χ0) is 30.8. The Balaban J connectivity index is 1.47. The van der Waals surface area contributed by atoms with Crippen molar-refractivity contribution < 1.29 is 0 Å². The van der Waals surface area contributed by atoms with Crippen LogP contribution in [-0.2, 0) is 0 Å². The van der Waals surface area contributed by atoms with E-state index in [1.165, 1.54) is 27.8 Å². The Labute approximate surface area is 267 Å². The summed E-state index contributed by atoms with van der Waals surface area (Å²) in [6, 6.07) is 56.0. The van der Waals surface area contributed by atoms with Crippen LogP contribution >= 0.6 is 0 Å². The normalized spacial score (nSPS) is 12.0. The summed E-state index contributed by atoms with van der Waals surface area (Å²) in [5.74, 6) is 0.185. The van der Waals surface area contributed by atoms with Gasteiger partial charge in [-0.25, -0.2) is 0 Å². The van der Waals surface area contributed by atoms with Crippen LogP contribution < -0.4 is 10.2 Å². The van der Waals surface area contributed by atoms with Gasteiger partial charge >= 0.3 is 0 Å². The Bertz CT molecular complexity index is 1870. The Morgan fingerprint density at radius 2 is 1.07 bits per heavy atom. The molecular weight excluding hydrogens is 544 g/mol. The lowest BCUT2D eigenvalue weighted by molar-refractivity contribution is 0.968. The van der Waals surface area contributed by atoms with Crippen LogP contribution in [0.4, 0.5) is 28.4 Å². The van der Waals surface area contributed by atoms with Gasteiger partial charge in [-0.15, -0.1) is 0 Å². The number of nitrogens with zero attached hydrogens (tertiary/aromatic N) is 1. The topological polar surface area (TPSA) is 15.3 Å². The Hall–Kier alpha value is -5.60. The van der Waals surface area contributed by atoms with Crippen molar-refractivity contribution in [1.29, 1.82) is 0 Å². The molecule has 1 unspecified atom stereocenters. The average Bonchev–Trinajstić information content (AvgIpc) is 3.11. The first kappa shape index (κ1) is 29.5. The summed E-state index contributed by atoms with van der Waals surface area (Å²) in [5.41, 5.74) is 11.5. The van der Waals surface area contributed by atoms with E-state index in [2.05, 4.69) is 193 Å². The molecule has 0 radical (unpaired) electrons. The molecule has 0 aliphatic rings. The average molecular weight is 583 g/mol. The lowest BCUT2D eigenvalue weighted by Crippen LogP contribution is -2.11. The van der Waals surface area contributed by atoms with Crippen LogP contribution in [0.3, 0.4) is 0 Å². The van der Waals surface area contributed by atoms with Crippen LogP contribution in [0.2, 0.25) is 0 Å². The van der Waals surface area contributed by atoms with Crippen molar-refractivity contribution in [3.05, 3.63) is 188 Å². The quantitative estimate of drug-likeness (QED) is 0.162. The van der Waals surface area contributed by atoms with Gasteiger partial charge in [-0.1, -0.05) is 134 Å². The number of allylic oxidation sites excluding steroid dienone is 4. The second-order valence-electron chi connectivity index (χ2n) is 11.1. The van der Waals surface area contributed by atoms with Crippen LogP contribution in [-0.4, -0.2) is 0 Å². The van der Waals surface area contributed by atoms with E-state index < -0.39 is 0 Å². The van der Waals surface area contributed by atoms with Gasteiger partial charge in [-0.3, -0.25) is 0 Å². The van der Waals surface area contributed by atoms with Gasteiger partial charge in [-0.2, -0.15) is 0 Å². The lowest BCUT2D eigenvalue weighted by atomic mass is 9.96. The van der Waals surface area contributed by atoms with E-state index in [1.807, 2.05) is 13.0 Å². The predicted molar refractivity (Wildman–Crippen MR) is 194 cm³/mol. The molecule has 2 heteroatoms. The number of hydrogen-bond acceptors (Lipinski definition) is 2. The van der Waals surface area contributed by atoms with Gasteiger partial charge in [-0.05, 0) is 89.3 Å². The zero-order valence-corrected chi connectivity index (χ0v) is 25.8. The van der Waals surface area contributed by atoms with Crippen molar-refractivity contribution in [2.24, 2.45) is 0 Å². The van der Waals surface area contributed by atoms with Crippen LogP contribution in [0.15, 0.2) is 182 Å². The maximum Gasteiger partial charge on any atom is 0.0467 e. The summed E-state index contributed by atoms with van der Waals surface area (Å²) in [6.45, 7) is 4.30. The summed E-state index contributed by atoms with van der Waals surface area (Å²) >= 11 is 0. The SMILES string of the molecule is C/C=C\C=C/C(C)c1cc(N(c2ccc(-c3ccccc3)cc2)c2cccc(-c3ccccc3)c2)ccc1Nc1ccccc1. The highest BCUT2D eigenvalue weighted by Gasteiger charge is 2.18. The molecule has 0 saturated carbocycles. The minimum Gasteiger partial charge on any atom is -0.355 e. The van der Waals surface area contributed by atoms with E-state index >= 15 is 0 Å². The van der Waals surface area contributed by atoms with E-state index in [0.29, 0.717) is 0 Å². The summed E-state index contributed by atoms with van der Waals surface area (Å²) in [4.78, 5) is 2.36. The van der Waals surface area contributed by atoms with Gasteiger partial charge < -0.3 is 10.2 Å². The van der Waals surface area contributed by atoms with E-state index in [9.17, 15) is 0 Å². The second-order valence-corrected chi connectivity index (χ2v) is 11.1. The molecular formula is C43H38N2. The fraction of sp³-hybridized carbons (Fsp3) is 0.0698. The molecule has 220 valence electrons. The van der Waals surface area contributed by atoms with Crippen LogP contribution in [0.1, 0.15) is 25.3 Å². The molecule has 0 heterocycles. The van der Waals surface area contributed by atoms with Crippen molar-refractivity contribution in [2.45, 2.75) is 19.8 Å². The molecule has 45 heavy (non-hydrogen) atoms. The molecule has 0 aliphatic heterocycles. The minimum atomic E-state index is 0.185. The van der Waals surface area contributed by atoms with Crippen molar-refractivity contribution in [3.63, 3.8) is 0 Å². The molecule has 0 aliphatic carbocycles. The largest absolute Gasteiger partial charge is 0.355 e. The molecule has 6 rings (SSSR count). The highest BCUT2D eigenvalue weighted by Crippen LogP contribution is 2.40. The molecule has 0 aromatic heterocycles. The molecule has 0 amide bonds. The van der Waals surface area contributed by atoms with Crippen molar-refractivity contribution in [2.75, 3.05) is 10.2 Å². The summed E-state index contributed by atoms with van der Waals surface area (Å²) < 4.78 is 0. The fourth-order valence-electron chi connectivity index (χ4n) is 5.64. The standard InChI is InChI=1S/C43H38N2/c1-3-4-8-16-33(2)42-32-41(29-30-43(42)44-38-22-13-7-14-23-38)45(39-27-25-36(26-28-39)34-17-9-5-10-18-34)40-24-15-21-37(31-40)35-19-11-6-12-20-35/h3-33,44H,1-2H3/b4-3-,16-8-. The van der Waals surface area contributed by atoms with Crippen molar-refractivity contribution >= 4 is 28.4 Å². The third kappa shape index (κ3) is 7.14. The smallest absolute Gasteiger partial charge is 0.0467 e. The van der Waals surface area contributed by atoms with E-state index in [-0.39, 0.29) is 5.92 Å². The number of para-hydroxylation sites is 1. The third-order valence-corrected chi connectivity index (χ3v) is 7.98. The molecule has 1 N–H and O–H groups in total. The molecule has 0 fully saturated rings. The minimum absolute atomic E-state index is 0.185. The molecule has 0 bridgehead atoms. The Morgan fingerprint density at radius 3 is 1.73 bits per heavy atom. The molecule has 0 saturated heterocycles. The second kappa shape index (κ2) is 14.2. The predicted octanol–water partition coefficient (Wildman–Crippen LogP) is 12.5. The van der Waals surface area contributed by atoms with Gasteiger partial charge in [0.15, 0.2) is 0 Å². The van der Waals surface area contributed by atoms with Gasteiger partial charge in [0, 0.05) is 34.4 Å². The third-order valence-electron chi connectivity index (χ3n) is 7.98. The van der Waals surface area contributed by atoms with Gasteiger partial charge in [0.25, 0.3) is 0 Å². The number of nitrogens with one attached hydrogen (secondary N) is 1. The molecule has 6 aromatic carbocycles. The van der Waals surface area contributed by atoms with Gasteiger partial charge in [0.1, 0.15) is 0 Å². The van der Waals surface area contributed by atoms with E-state index in [0.717, 1.165) is 28.4 Å². The summed E-state index contributed by atoms with van der Waals surface area (Å²) in [7, 11) is 0. The summed E-state index contributed by atoms with van der Waals surface area (Å²) in [6.07, 6.45) is 8.53. The zero-order valence-electron chi connectivity index (χ0n) is 25.8. The van der Waals surface area contributed by atoms with Crippen LogP contribution in [0.25, 0.3) is 22.3 Å². The number of anilines is 5. The molecule has 1 atom stereocenters. The fourth-order valence-corrected chi connectivity index (χ4v) is 5.64. The maximum absolute atomic E-state index is 3.68. The number of benzene rings is 6. The monoisotopic (exact) mass is 582 g/mol. The number of hydrogen-bond donors (Lipinski definition) is 1. The highest BCUT2D eigenvalue weighted by atomic mass is 15.1. The van der Waals surface area contributed by atoms with Gasteiger partial charge in [0.2, 0.25) is 0 Å². The first-order valence-corrected chi connectivity index (χ1v) is 15.6. The molecule has 0 spiro atoms. The summed E-state index contributed by atoms with van der Waals surface area (Å²) in [5, 5.41) is 3.68. The first-order chi connectivity index (χ1) is 22.2. The molecule has 6 aromatic rings. The Kier molecular flexibility index (Phi) is 9.33. The number of rotatable bonds is 10. The van der Waals surface area contributed by atoms with Gasteiger partial charge in [0.05, 0.1) is 0 Å². The maximum atomic E-state index is 3.68. The van der Waals surface area contributed by atoms with E-state index in [1.54, 1.807) is 0 Å².